The first-order chi connectivity index (χ1) is 9.97. The van der Waals surface area contributed by atoms with Crippen molar-refractivity contribution in [3.05, 3.63) is 29.8 Å². The number of urea groups is 1. The largest absolute Gasteiger partial charge is 0.481 e. The first-order valence-electron chi connectivity index (χ1n) is 7.36. The molecule has 0 heterocycles. The topological polar surface area (TPSA) is 69.6 Å². The van der Waals surface area contributed by atoms with Crippen LogP contribution < -0.4 is 5.32 Å². The van der Waals surface area contributed by atoms with E-state index in [0.29, 0.717) is 6.54 Å². The van der Waals surface area contributed by atoms with Crippen molar-refractivity contribution in [1.29, 1.82) is 0 Å². The van der Waals surface area contributed by atoms with Crippen LogP contribution in [0.25, 0.3) is 0 Å². The lowest BCUT2D eigenvalue weighted by molar-refractivity contribution is -0.137. The Balaban J connectivity index is 2.66. The van der Waals surface area contributed by atoms with Crippen molar-refractivity contribution in [2.75, 3.05) is 11.9 Å². The first-order valence-corrected chi connectivity index (χ1v) is 7.36. The molecule has 116 valence electrons. The third-order valence-electron chi connectivity index (χ3n) is 3.35. The van der Waals surface area contributed by atoms with E-state index in [4.69, 9.17) is 5.11 Å². The molecule has 0 bridgehead atoms. The lowest BCUT2D eigenvalue weighted by Gasteiger charge is -2.27. The number of aliphatic carboxylic acids is 1. The predicted octanol–water partition coefficient (Wildman–Crippen LogP) is 3.36. The van der Waals surface area contributed by atoms with Gasteiger partial charge in [-0.1, -0.05) is 25.5 Å². The van der Waals surface area contributed by atoms with Crippen LogP contribution in [0.15, 0.2) is 24.3 Å². The van der Waals surface area contributed by atoms with Gasteiger partial charge in [-0.2, -0.15) is 0 Å². The summed E-state index contributed by atoms with van der Waals surface area (Å²) in [5.74, 6) is -0.905. The molecule has 0 saturated heterocycles. The molecule has 2 N–H and O–H groups in total. The molecule has 1 atom stereocenters. The molecule has 1 rings (SSSR count). The van der Waals surface area contributed by atoms with E-state index < -0.39 is 5.97 Å². The number of nitrogens with one attached hydrogen (secondary N) is 1. The number of rotatable bonds is 7. The van der Waals surface area contributed by atoms with Crippen LogP contribution in [0.2, 0.25) is 0 Å². The highest BCUT2D eigenvalue weighted by molar-refractivity contribution is 5.89. The molecule has 1 aromatic carbocycles. The number of carboxylic acids is 1. The molecule has 0 radical (unpaired) electrons. The Bertz CT molecular complexity index is 471. The first kappa shape index (κ1) is 17.0. The van der Waals surface area contributed by atoms with E-state index in [1.165, 1.54) is 10.5 Å². The van der Waals surface area contributed by atoms with Gasteiger partial charge in [-0.15, -0.1) is 0 Å². The van der Waals surface area contributed by atoms with E-state index in [2.05, 4.69) is 12.2 Å². The van der Waals surface area contributed by atoms with Crippen molar-refractivity contribution in [3.63, 3.8) is 0 Å². The number of carbonyl (C=O) groups is 2. The molecule has 0 aliphatic heterocycles. The molecule has 0 saturated carbocycles. The Morgan fingerprint density at radius 3 is 2.33 bits per heavy atom. The fourth-order valence-corrected chi connectivity index (χ4v) is 2.26. The van der Waals surface area contributed by atoms with Crippen molar-refractivity contribution in [3.8, 4) is 0 Å². The minimum absolute atomic E-state index is 0.0588. The molecule has 21 heavy (non-hydrogen) atoms. The number of carbonyl (C=O) groups excluding carboxylic acids is 1. The average Bonchev–Trinajstić information content (AvgIpc) is 2.41. The van der Waals surface area contributed by atoms with Gasteiger partial charge in [0.15, 0.2) is 0 Å². The van der Waals surface area contributed by atoms with Gasteiger partial charge in [-0.3, -0.25) is 4.79 Å². The van der Waals surface area contributed by atoms with Crippen LogP contribution in [0, 0.1) is 0 Å². The third-order valence-corrected chi connectivity index (χ3v) is 3.35. The maximum atomic E-state index is 12.2. The Kier molecular flexibility index (Phi) is 6.72. The predicted molar refractivity (Wildman–Crippen MR) is 83.6 cm³/mol. The molecule has 0 aliphatic rings. The fourth-order valence-electron chi connectivity index (χ4n) is 2.26. The smallest absolute Gasteiger partial charge is 0.322 e. The average molecular weight is 292 g/mol. The third kappa shape index (κ3) is 5.45. The number of benzene rings is 1. The highest BCUT2D eigenvalue weighted by Gasteiger charge is 2.20. The second kappa shape index (κ2) is 8.29. The Labute approximate surface area is 126 Å². The molecule has 1 aromatic rings. The highest BCUT2D eigenvalue weighted by Crippen LogP contribution is 2.13. The van der Waals surface area contributed by atoms with Crippen molar-refractivity contribution in [1.82, 2.24) is 4.90 Å². The molecule has 0 fully saturated rings. The summed E-state index contributed by atoms with van der Waals surface area (Å²) < 4.78 is 0. The van der Waals surface area contributed by atoms with Gasteiger partial charge in [0.05, 0.1) is 6.42 Å². The Morgan fingerprint density at radius 1 is 1.24 bits per heavy atom. The van der Waals surface area contributed by atoms with Crippen LogP contribution in [-0.2, 0) is 11.2 Å². The van der Waals surface area contributed by atoms with Crippen molar-refractivity contribution in [2.24, 2.45) is 0 Å². The zero-order valence-electron chi connectivity index (χ0n) is 12.9. The normalized spacial score (nSPS) is 11.8. The monoisotopic (exact) mass is 292 g/mol. The van der Waals surface area contributed by atoms with Crippen molar-refractivity contribution < 1.29 is 14.7 Å². The van der Waals surface area contributed by atoms with Gasteiger partial charge < -0.3 is 15.3 Å². The minimum Gasteiger partial charge on any atom is -0.481 e. The molecule has 5 nitrogen and oxygen atoms in total. The molecule has 5 heteroatoms. The lowest BCUT2D eigenvalue weighted by atomic mass is 10.1. The summed E-state index contributed by atoms with van der Waals surface area (Å²) in [6.07, 6.45) is 2.05. The number of aryl methyl sites for hydroxylation is 1. The quantitative estimate of drug-likeness (QED) is 0.809. The van der Waals surface area contributed by atoms with E-state index in [1.54, 1.807) is 6.92 Å². The van der Waals surface area contributed by atoms with E-state index in [0.717, 1.165) is 18.5 Å². The molecule has 1 unspecified atom stereocenters. The summed E-state index contributed by atoms with van der Waals surface area (Å²) in [7, 11) is 0. The van der Waals surface area contributed by atoms with E-state index >= 15 is 0 Å². The minimum atomic E-state index is -0.905. The summed E-state index contributed by atoms with van der Waals surface area (Å²) >= 11 is 0. The zero-order valence-corrected chi connectivity index (χ0v) is 12.9. The maximum Gasteiger partial charge on any atom is 0.322 e. The molecule has 2 amide bonds. The maximum absolute atomic E-state index is 12.2. The van der Waals surface area contributed by atoms with Crippen LogP contribution in [0.5, 0.6) is 0 Å². The summed E-state index contributed by atoms with van der Waals surface area (Å²) in [4.78, 5) is 24.5. The summed E-state index contributed by atoms with van der Waals surface area (Å²) in [6.45, 7) is 6.16. The second-order valence-electron chi connectivity index (χ2n) is 5.11. The van der Waals surface area contributed by atoms with E-state index in [9.17, 15) is 9.59 Å². The van der Waals surface area contributed by atoms with E-state index in [1.807, 2.05) is 31.2 Å². The zero-order chi connectivity index (χ0) is 15.8. The number of hydrogen-bond acceptors (Lipinski definition) is 2. The lowest BCUT2D eigenvalue weighted by Crippen LogP contribution is -2.42. The van der Waals surface area contributed by atoms with Crippen LogP contribution in [0.1, 0.15) is 39.2 Å². The SMILES string of the molecule is CCCc1ccc(NC(=O)N(CC)C(C)CC(=O)O)cc1. The summed E-state index contributed by atoms with van der Waals surface area (Å²) in [5.41, 5.74) is 1.96. The van der Waals surface area contributed by atoms with E-state index in [-0.39, 0.29) is 18.5 Å². The van der Waals surface area contributed by atoms with Gasteiger partial charge in [-0.25, -0.2) is 4.79 Å². The molecule has 0 spiro atoms. The van der Waals surface area contributed by atoms with Crippen LogP contribution in [0.3, 0.4) is 0 Å². The Morgan fingerprint density at radius 2 is 1.86 bits per heavy atom. The Hall–Kier alpha value is -2.04. The standard InChI is InChI=1S/C16H24N2O3/c1-4-6-13-7-9-14(10-8-13)17-16(21)18(5-2)12(3)11-15(19)20/h7-10,12H,4-6,11H2,1-3H3,(H,17,21)(H,19,20). The van der Waals surface area contributed by atoms with Crippen molar-refractivity contribution >= 4 is 17.7 Å². The van der Waals surface area contributed by atoms with Gasteiger partial charge in [0, 0.05) is 18.3 Å². The van der Waals surface area contributed by atoms with Gasteiger partial charge in [0.1, 0.15) is 0 Å². The van der Waals surface area contributed by atoms with Crippen LogP contribution in [0.4, 0.5) is 10.5 Å². The molecular formula is C16H24N2O3. The van der Waals surface area contributed by atoms with Gasteiger partial charge in [0.2, 0.25) is 0 Å². The number of carboxylic acid groups (broad SMARTS) is 1. The van der Waals surface area contributed by atoms with Gasteiger partial charge >= 0.3 is 12.0 Å². The second-order valence-corrected chi connectivity index (χ2v) is 5.11. The molecule has 0 aromatic heterocycles. The highest BCUT2D eigenvalue weighted by atomic mass is 16.4. The summed E-state index contributed by atoms with van der Waals surface area (Å²) in [6, 6.07) is 7.13. The number of hydrogen-bond donors (Lipinski definition) is 2. The molecular weight excluding hydrogens is 268 g/mol. The van der Waals surface area contributed by atoms with Gasteiger partial charge in [0.25, 0.3) is 0 Å². The number of amides is 2. The van der Waals surface area contributed by atoms with Crippen LogP contribution in [-0.4, -0.2) is 34.6 Å². The van der Waals surface area contributed by atoms with Gasteiger partial charge in [-0.05, 0) is 38.0 Å². The number of nitrogens with zero attached hydrogens (tertiary/aromatic N) is 1. The molecule has 0 aliphatic carbocycles. The summed E-state index contributed by atoms with van der Waals surface area (Å²) in [5, 5.41) is 11.6. The van der Waals surface area contributed by atoms with Crippen molar-refractivity contribution in [2.45, 2.75) is 46.1 Å². The fraction of sp³-hybridized carbons (Fsp3) is 0.500. The number of anilines is 1. The van der Waals surface area contributed by atoms with Crippen LogP contribution >= 0.6 is 0 Å².